The fourth-order valence-electron chi connectivity index (χ4n) is 5.77. The van der Waals surface area contributed by atoms with Crippen molar-refractivity contribution in [1.29, 1.82) is 0 Å². The number of benzene rings is 2. The van der Waals surface area contributed by atoms with Crippen LogP contribution in [-0.2, 0) is 10.3 Å². The first-order valence-corrected chi connectivity index (χ1v) is 15.3. The number of piperidine rings is 1. The van der Waals surface area contributed by atoms with Crippen LogP contribution in [0.5, 0.6) is 0 Å². The van der Waals surface area contributed by atoms with Crippen LogP contribution < -0.4 is 10.2 Å². The molecule has 2 aromatic heterocycles. The van der Waals surface area contributed by atoms with Crippen molar-refractivity contribution >= 4 is 50.1 Å². The molecule has 10 nitrogen and oxygen atoms in total. The fourth-order valence-corrected chi connectivity index (χ4v) is 6.61. The van der Waals surface area contributed by atoms with Gasteiger partial charge in [0.15, 0.2) is 0 Å². The molecule has 0 radical (unpaired) electrons. The first kappa shape index (κ1) is 27.9. The van der Waals surface area contributed by atoms with Gasteiger partial charge in [0.2, 0.25) is 5.95 Å². The molecule has 216 valence electrons. The summed E-state index contributed by atoms with van der Waals surface area (Å²) in [6, 6.07) is 12.2. The van der Waals surface area contributed by atoms with Crippen molar-refractivity contribution < 1.29 is 17.4 Å². The van der Waals surface area contributed by atoms with Gasteiger partial charge in [-0.2, -0.15) is 8.42 Å². The van der Waals surface area contributed by atoms with Gasteiger partial charge in [-0.05, 0) is 44.2 Å². The number of aromatic nitrogens is 3. The minimum Gasteiger partial charge on any atom is -0.369 e. The molecule has 0 spiro atoms. The molecule has 0 bridgehead atoms. The molecule has 0 saturated carbocycles. The van der Waals surface area contributed by atoms with E-state index >= 15 is 4.39 Å². The van der Waals surface area contributed by atoms with E-state index in [9.17, 15) is 13.0 Å². The van der Waals surface area contributed by atoms with E-state index in [0.29, 0.717) is 28.4 Å². The smallest absolute Gasteiger partial charge is 0.363 e. The van der Waals surface area contributed by atoms with Gasteiger partial charge in [-0.3, -0.25) is 9.45 Å². The predicted octanol–water partition coefficient (Wildman–Crippen LogP) is 4.50. The average molecular weight is 600 g/mol. The van der Waals surface area contributed by atoms with Crippen molar-refractivity contribution in [2.45, 2.75) is 18.9 Å². The van der Waals surface area contributed by atoms with Crippen molar-refractivity contribution in [3.63, 3.8) is 0 Å². The van der Waals surface area contributed by atoms with Gasteiger partial charge < -0.3 is 15.1 Å². The Morgan fingerprint density at radius 1 is 1.05 bits per heavy atom. The van der Waals surface area contributed by atoms with Gasteiger partial charge in [-0.15, -0.1) is 0 Å². The maximum absolute atomic E-state index is 15.3. The van der Waals surface area contributed by atoms with Crippen LogP contribution in [0.1, 0.15) is 12.8 Å². The second kappa shape index (κ2) is 11.2. The Kier molecular flexibility index (Phi) is 7.60. The second-order valence-corrected chi connectivity index (χ2v) is 12.3. The number of hydrogen-bond donors (Lipinski definition) is 2. The molecular formula is C28H31ClFN7O3S. The van der Waals surface area contributed by atoms with Crippen LogP contribution in [0.15, 0.2) is 54.9 Å². The van der Waals surface area contributed by atoms with Crippen molar-refractivity contribution in [2.24, 2.45) is 0 Å². The van der Waals surface area contributed by atoms with Crippen LogP contribution >= 0.6 is 11.6 Å². The summed E-state index contributed by atoms with van der Waals surface area (Å²) in [5.41, 5.74) is 1.98. The van der Waals surface area contributed by atoms with Crippen LogP contribution in [0.25, 0.3) is 22.2 Å². The maximum Gasteiger partial charge on any atom is 0.363 e. The lowest BCUT2D eigenvalue weighted by molar-refractivity contribution is 0.0981. The van der Waals surface area contributed by atoms with Gasteiger partial charge in [0.25, 0.3) is 0 Å². The number of nitrogens with zero attached hydrogens (tertiary/aromatic N) is 6. The molecule has 4 heterocycles. The summed E-state index contributed by atoms with van der Waals surface area (Å²) in [5.74, 6) is -0.174. The highest BCUT2D eigenvalue weighted by molar-refractivity contribution is 7.84. The lowest BCUT2D eigenvalue weighted by atomic mass is 10.0. The Morgan fingerprint density at radius 3 is 2.49 bits per heavy atom. The van der Waals surface area contributed by atoms with Crippen molar-refractivity contribution in [2.75, 3.05) is 56.5 Å². The number of halogens is 2. The molecule has 6 rings (SSSR count). The topological polar surface area (TPSA) is 107 Å². The highest BCUT2D eigenvalue weighted by Crippen LogP contribution is 2.35. The third kappa shape index (κ3) is 5.75. The predicted molar refractivity (Wildman–Crippen MR) is 159 cm³/mol. The minimum atomic E-state index is -4.55. The van der Waals surface area contributed by atoms with Crippen molar-refractivity contribution in [3.8, 4) is 11.3 Å². The van der Waals surface area contributed by atoms with E-state index in [-0.39, 0.29) is 28.0 Å². The Morgan fingerprint density at radius 2 is 1.78 bits per heavy atom. The summed E-state index contributed by atoms with van der Waals surface area (Å²) in [6.07, 6.45) is 4.68. The molecule has 13 heteroatoms. The Bertz CT molecular complexity index is 1680. The normalized spacial score (nSPS) is 17.8. The summed E-state index contributed by atoms with van der Waals surface area (Å²) in [7, 11) is -2.39. The zero-order valence-electron chi connectivity index (χ0n) is 22.5. The number of nitrogens with one attached hydrogen (secondary N) is 1. The van der Waals surface area contributed by atoms with Crippen LogP contribution in [-0.4, -0.2) is 89.1 Å². The van der Waals surface area contributed by atoms with E-state index in [1.54, 1.807) is 36.4 Å². The minimum absolute atomic E-state index is 0.160. The molecular weight excluding hydrogens is 569 g/mol. The van der Waals surface area contributed by atoms with Gasteiger partial charge in [0.1, 0.15) is 5.82 Å². The van der Waals surface area contributed by atoms with Crippen LogP contribution in [0.4, 0.5) is 21.7 Å². The van der Waals surface area contributed by atoms with Gasteiger partial charge >= 0.3 is 10.3 Å². The van der Waals surface area contributed by atoms with E-state index in [4.69, 9.17) is 11.6 Å². The van der Waals surface area contributed by atoms with E-state index in [0.717, 1.165) is 56.1 Å². The molecule has 0 amide bonds. The number of rotatable bonds is 6. The second-order valence-electron chi connectivity index (χ2n) is 10.6. The number of fused-ring (bicyclic) bond motifs is 1. The quantitative estimate of drug-likeness (QED) is 0.310. The molecule has 2 aliphatic rings. The Labute approximate surface area is 243 Å². The molecule has 2 saturated heterocycles. The average Bonchev–Trinajstić information content (AvgIpc) is 3.35. The molecule has 0 unspecified atom stereocenters. The highest BCUT2D eigenvalue weighted by atomic mass is 35.5. The largest absolute Gasteiger partial charge is 0.369 e. The lowest BCUT2D eigenvalue weighted by Gasteiger charge is -2.42. The maximum atomic E-state index is 15.3. The Balaban J connectivity index is 1.19. The van der Waals surface area contributed by atoms with Crippen LogP contribution in [0.3, 0.4) is 0 Å². The standard InChI is InChI=1S/C28H31ClFN7O3S/c1-34-12-14-35(15-13-34)20-8-10-36(11-9-20)26-7-6-19(16-24(26)30)32-28-31-17-23(29)27(33-28)22-18-37(41(38,39)40)25-5-3-2-4-21(22)25/h2-7,16-18,20H,8-15H2,1H3,(H,31,32,33)(H,38,39,40). The van der Waals surface area contributed by atoms with Crippen molar-refractivity contribution in [3.05, 3.63) is 65.7 Å². The number of piperazine rings is 1. The number of para-hydroxylation sites is 1. The fraction of sp³-hybridized carbons (Fsp3) is 0.357. The molecule has 2 aliphatic heterocycles. The van der Waals surface area contributed by atoms with Crippen molar-refractivity contribution in [1.82, 2.24) is 23.7 Å². The monoisotopic (exact) mass is 599 g/mol. The first-order valence-electron chi connectivity index (χ1n) is 13.5. The molecule has 2 fully saturated rings. The summed E-state index contributed by atoms with van der Waals surface area (Å²) < 4.78 is 49.7. The first-order chi connectivity index (χ1) is 19.7. The summed E-state index contributed by atoms with van der Waals surface area (Å²) in [4.78, 5) is 15.8. The van der Waals surface area contributed by atoms with Gasteiger partial charge in [-0.1, -0.05) is 29.8 Å². The number of anilines is 3. The SMILES string of the molecule is CN1CCN(C2CCN(c3ccc(Nc4ncc(Cl)c(-c5cn(S(=O)(=O)O)c6ccccc56)n4)cc3F)CC2)CC1. The molecule has 41 heavy (non-hydrogen) atoms. The van der Waals surface area contributed by atoms with Crippen LogP contribution in [0.2, 0.25) is 5.02 Å². The molecule has 0 atom stereocenters. The van der Waals surface area contributed by atoms with Gasteiger partial charge in [0, 0.05) is 68.1 Å². The van der Waals surface area contributed by atoms with Gasteiger partial charge in [-0.25, -0.2) is 18.3 Å². The number of likely N-dealkylation sites (N-methyl/N-ethyl adjacent to an activating group) is 1. The molecule has 0 aliphatic carbocycles. The lowest BCUT2D eigenvalue weighted by Crippen LogP contribution is -2.52. The summed E-state index contributed by atoms with van der Waals surface area (Å²) in [6.45, 7) is 5.98. The van der Waals surface area contributed by atoms with E-state index in [2.05, 4.69) is 37.0 Å². The summed E-state index contributed by atoms with van der Waals surface area (Å²) >= 11 is 6.41. The van der Waals surface area contributed by atoms with E-state index in [1.165, 1.54) is 18.5 Å². The zero-order valence-corrected chi connectivity index (χ0v) is 24.1. The zero-order chi connectivity index (χ0) is 28.7. The molecule has 2 aromatic carbocycles. The third-order valence-corrected chi connectivity index (χ3v) is 9.06. The Hall–Kier alpha value is -3.29. The van der Waals surface area contributed by atoms with E-state index in [1.807, 2.05) is 0 Å². The van der Waals surface area contributed by atoms with Gasteiger partial charge in [0.05, 0.1) is 28.1 Å². The summed E-state index contributed by atoms with van der Waals surface area (Å²) in [5, 5.41) is 3.75. The molecule has 4 aromatic rings. The molecule has 2 N–H and O–H groups in total. The van der Waals surface area contributed by atoms with Crippen LogP contribution in [0, 0.1) is 5.82 Å². The highest BCUT2D eigenvalue weighted by Gasteiger charge is 2.28. The number of hydrogen-bond acceptors (Lipinski definition) is 8. The third-order valence-electron chi connectivity index (χ3n) is 7.99. The van der Waals surface area contributed by atoms with E-state index < -0.39 is 10.3 Å².